The normalized spacial score (nSPS) is 12.3. The molecule has 0 fully saturated rings. The highest BCUT2D eigenvalue weighted by Gasteiger charge is 2.21. The van der Waals surface area contributed by atoms with Gasteiger partial charge in [-0.3, -0.25) is 4.79 Å². The Morgan fingerprint density at radius 2 is 2.11 bits per heavy atom. The number of hydrogen-bond acceptors (Lipinski definition) is 3. The lowest BCUT2D eigenvalue weighted by Crippen LogP contribution is -2.40. The van der Waals surface area contributed by atoms with Crippen molar-refractivity contribution in [3.05, 3.63) is 35.2 Å². The van der Waals surface area contributed by atoms with Gasteiger partial charge in [0.2, 0.25) is 0 Å². The van der Waals surface area contributed by atoms with E-state index in [1.165, 1.54) is 11.3 Å². The summed E-state index contributed by atoms with van der Waals surface area (Å²) in [4.78, 5) is 23.2. The topological polar surface area (TPSA) is 66.4 Å². The maximum Gasteiger partial charge on any atom is 0.326 e. The zero-order valence-corrected chi connectivity index (χ0v) is 11.4. The molecule has 0 aliphatic rings. The summed E-state index contributed by atoms with van der Waals surface area (Å²) in [6, 6.07) is 6.77. The Kier molecular flexibility index (Phi) is 4.16. The van der Waals surface area contributed by atoms with Crippen LogP contribution in [0.4, 0.5) is 0 Å². The first-order valence-corrected chi connectivity index (χ1v) is 7.01. The average molecular weight is 277 g/mol. The Hall–Kier alpha value is -1.88. The van der Waals surface area contributed by atoms with E-state index in [9.17, 15) is 9.59 Å². The van der Waals surface area contributed by atoms with Crippen LogP contribution in [0.1, 0.15) is 30.1 Å². The summed E-state index contributed by atoms with van der Waals surface area (Å²) in [6.45, 7) is 1.89. The maximum atomic E-state index is 12.1. The minimum atomic E-state index is -0.991. The van der Waals surface area contributed by atoms with Crippen LogP contribution in [-0.2, 0) is 4.79 Å². The maximum absolute atomic E-state index is 12.1. The zero-order chi connectivity index (χ0) is 13.8. The van der Waals surface area contributed by atoms with Gasteiger partial charge in [-0.05, 0) is 12.5 Å². The van der Waals surface area contributed by atoms with E-state index in [1.807, 2.05) is 31.2 Å². The Morgan fingerprint density at radius 1 is 1.37 bits per heavy atom. The number of carbonyl (C=O) groups excluding carboxylic acids is 1. The molecule has 2 N–H and O–H groups in total. The molecule has 0 aliphatic heterocycles. The fourth-order valence-corrected chi connectivity index (χ4v) is 2.88. The van der Waals surface area contributed by atoms with E-state index in [-0.39, 0.29) is 5.91 Å². The van der Waals surface area contributed by atoms with E-state index in [2.05, 4.69) is 5.32 Å². The molecule has 1 atom stereocenters. The van der Waals surface area contributed by atoms with Crippen molar-refractivity contribution in [3.63, 3.8) is 0 Å². The minimum Gasteiger partial charge on any atom is -0.480 e. The van der Waals surface area contributed by atoms with Gasteiger partial charge in [-0.1, -0.05) is 31.5 Å². The number of amides is 1. The molecule has 0 bridgehead atoms. The number of carbonyl (C=O) groups is 2. The lowest BCUT2D eigenvalue weighted by molar-refractivity contribution is -0.139. The molecule has 0 spiro atoms. The third-order valence-corrected chi connectivity index (χ3v) is 3.87. The van der Waals surface area contributed by atoms with Crippen molar-refractivity contribution in [1.29, 1.82) is 0 Å². The van der Waals surface area contributed by atoms with E-state index >= 15 is 0 Å². The van der Waals surface area contributed by atoms with Crippen molar-refractivity contribution in [2.45, 2.75) is 25.8 Å². The number of carboxylic acid groups (broad SMARTS) is 1. The van der Waals surface area contributed by atoms with Gasteiger partial charge in [0.05, 0.1) is 5.56 Å². The fraction of sp³-hybridized carbons (Fsp3) is 0.286. The Balaban J connectivity index is 2.22. The summed E-state index contributed by atoms with van der Waals surface area (Å²) in [5.74, 6) is -1.31. The molecule has 2 aromatic rings. The van der Waals surface area contributed by atoms with Gasteiger partial charge in [-0.2, -0.15) is 0 Å². The van der Waals surface area contributed by atoms with Gasteiger partial charge in [0.25, 0.3) is 5.91 Å². The predicted octanol–water partition coefficient (Wildman–Crippen LogP) is 2.88. The quantitative estimate of drug-likeness (QED) is 0.883. The molecule has 5 heteroatoms. The third-order valence-electron chi connectivity index (χ3n) is 2.91. The number of carboxylic acids is 1. The second kappa shape index (κ2) is 5.84. The van der Waals surface area contributed by atoms with Gasteiger partial charge in [0, 0.05) is 15.5 Å². The number of fused-ring (bicyclic) bond motifs is 1. The van der Waals surface area contributed by atoms with Crippen LogP contribution in [-0.4, -0.2) is 23.0 Å². The van der Waals surface area contributed by atoms with Gasteiger partial charge >= 0.3 is 5.97 Å². The van der Waals surface area contributed by atoms with E-state index in [1.54, 1.807) is 5.38 Å². The highest BCUT2D eigenvalue weighted by Crippen LogP contribution is 2.25. The predicted molar refractivity (Wildman–Crippen MR) is 75.6 cm³/mol. The van der Waals surface area contributed by atoms with Gasteiger partial charge < -0.3 is 10.4 Å². The SMILES string of the molecule is CCC[C@H](NC(=O)c1csc2ccccc12)C(=O)O. The Labute approximate surface area is 115 Å². The van der Waals surface area contributed by atoms with Crippen LogP contribution in [0.25, 0.3) is 10.1 Å². The van der Waals surface area contributed by atoms with Crippen LogP contribution in [0.2, 0.25) is 0 Å². The molecule has 0 aliphatic carbocycles. The first-order chi connectivity index (χ1) is 9.13. The second-order valence-corrected chi connectivity index (χ2v) is 5.21. The van der Waals surface area contributed by atoms with Crippen molar-refractivity contribution >= 4 is 33.3 Å². The van der Waals surface area contributed by atoms with E-state index < -0.39 is 12.0 Å². The molecular weight excluding hydrogens is 262 g/mol. The van der Waals surface area contributed by atoms with Crippen molar-refractivity contribution < 1.29 is 14.7 Å². The molecule has 1 heterocycles. The van der Waals surface area contributed by atoms with Crippen molar-refractivity contribution in [3.8, 4) is 0 Å². The molecule has 100 valence electrons. The van der Waals surface area contributed by atoms with Crippen LogP contribution in [0.3, 0.4) is 0 Å². The van der Waals surface area contributed by atoms with Crippen molar-refractivity contribution in [2.24, 2.45) is 0 Å². The molecule has 1 aromatic heterocycles. The molecule has 0 saturated heterocycles. The van der Waals surface area contributed by atoms with Gasteiger partial charge in [-0.25, -0.2) is 4.79 Å². The highest BCUT2D eigenvalue weighted by molar-refractivity contribution is 7.17. The third kappa shape index (κ3) is 2.93. The number of benzene rings is 1. The molecule has 2 rings (SSSR count). The molecule has 4 nitrogen and oxygen atoms in total. The molecular formula is C14H15NO3S. The summed E-state index contributed by atoms with van der Waals surface area (Å²) in [6.07, 6.45) is 1.14. The van der Waals surface area contributed by atoms with Crippen LogP contribution >= 0.6 is 11.3 Å². The molecule has 0 unspecified atom stereocenters. The monoisotopic (exact) mass is 277 g/mol. The number of rotatable bonds is 5. The van der Waals surface area contributed by atoms with Crippen LogP contribution in [0, 0.1) is 0 Å². The second-order valence-electron chi connectivity index (χ2n) is 4.30. The van der Waals surface area contributed by atoms with Crippen molar-refractivity contribution in [1.82, 2.24) is 5.32 Å². The molecule has 0 radical (unpaired) electrons. The van der Waals surface area contributed by atoms with Crippen LogP contribution in [0.15, 0.2) is 29.6 Å². The van der Waals surface area contributed by atoms with Gasteiger partial charge in [0.15, 0.2) is 0 Å². The number of thiophene rings is 1. The number of nitrogens with one attached hydrogen (secondary N) is 1. The number of aliphatic carboxylic acids is 1. The number of hydrogen-bond donors (Lipinski definition) is 2. The molecule has 0 saturated carbocycles. The van der Waals surface area contributed by atoms with Crippen molar-refractivity contribution in [2.75, 3.05) is 0 Å². The fourth-order valence-electron chi connectivity index (χ4n) is 1.94. The zero-order valence-electron chi connectivity index (χ0n) is 10.6. The lowest BCUT2D eigenvalue weighted by Gasteiger charge is -2.13. The molecule has 19 heavy (non-hydrogen) atoms. The first-order valence-electron chi connectivity index (χ1n) is 6.13. The highest BCUT2D eigenvalue weighted by atomic mass is 32.1. The van der Waals surface area contributed by atoms with Gasteiger partial charge in [0.1, 0.15) is 6.04 Å². The average Bonchev–Trinajstić information content (AvgIpc) is 2.81. The Bertz CT molecular complexity index is 606. The smallest absolute Gasteiger partial charge is 0.326 e. The Morgan fingerprint density at radius 3 is 2.79 bits per heavy atom. The summed E-state index contributed by atoms with van der Waals surface area (Å²) in [5.41, 5.74) is 0.544. The molecule has 1 aromatic carbocycles. The largest absolute Gasteiger partial charge is 0.480 e. The molecule has 1 amide bonds. The van der Waals surface area contributed by atoms with E-state index in [0.29, 0.717) is 18.4 Å². The van der Waals surface area contributed by atoms with E-state index in [4.69, 9.17) is 5.11 Å². The van der Waals surface area contributed by atoms with Crippen LogP contribution < -0.4 is 5.32 Å². The lowest BCUT2D eigenvalue weighted by atomic mass is 10.1. The summed E-state index contributed by atoms with van der Waals surface area (Å²) >= 11 is 1.48. The summed E-state index contributed by atoms with van der Waals surface area (Å²) in [5, 5.41) is 14.3. The van der Waals surface area contributed by atoms with E-state index in [0.717, 1.165) is 10.1 Å². The first kappa shape index (κ1) is 13.5. The standard InChI is InChI=1S/C14H15NO3S/c1-2-5-11(14(17)18)15-13(16)10-8-19-12-7-4-3-6-9(10)12/h3-4,6-8,11H,2,5H2,1H3,(H,15,16)(H,17,18)/t11-/m0/s1. The van der Waals surface area contributed by atoms with Gasteiger partial charge in [-0.15, -0.1) is 11.3 Å². The summed E-state index contributed by atoms with van der Waals surface area (Å²) < 4.78 is 1.02. The summed E-state index contributed by atoms with van der Waals surface area (Å²) in [7, 11) is 0. The van der Waals surface area contributed by atoms with Crippen LogP contribution in [0.5, 0.6) is 0 Å². The minimum absolute atomic E-state index is 0.321.